The Balaban J connectivity index is 1.33. The van der Waals surface area contributed by atoms with Crippen LogP contribution in [0.15, 0.2) is 86.1 Å². The number of fused-ring (bicyclic) bond motifs is 2. The number of aromatic nitrogens is 1. The van der Waals surface area contributed by atoms with Gasteiger partial charge in [-0.15, -0.1) is 0 Å². The number of sulfonamides is 1. The van der Waals surface area contributed by atoms with Gasteiger partial charge in [0.1, 0.15) is 23.3 Å². The molecule has 2 aromatic carbocycles. The molecule has 3 atom stereocenters. The van der Waals surface area contributed by atoms with Gasteiger partial charge in [-0.2, -0.15) is 0 Å². The van der Waals surface area contributed by atoms with Crippen LogP contribution in [0.4, 0.5) is 11.4 Å². The number of benzene rings is 2. The first-order valence-corrected chi connectivity index (χ1v) is 15.7. The molecule has 1 fully saturated rings. The Morgan fingerprint density at radius 2 is 1.76 bits per heavy atom. The van der Waals surface area contributed by atoms with Gasteiger partial charge in [0.2, 0.25) is 27.7 Å². The lowest BCUT2D eigenvalue weighted by Crippen LogP contribution is -2.32. The number of anilines is 2. The van der Waals surface area contributed by atoms with Gasteiger partial charge >= 0.3 is 4.87 Å². The number of hydrogen-bond acceptors (Lipinski definition) is 10. The average molecular weight is 627 g/mol. The summed E-state index contributed by atoms with van der Waals surface area (Å²) in [7, 11) is -2.38. The number of carbonyl (C=O) groups is 3. The maximum absolute atomic E-state index is 13.8. The number of furan rings is 1. The first-order valence-electron chi connectivity index (χ1n) is 12.4. The number of imide groups is 1. The zero-order valence-corrected chi connectivity index (χ0v) is 24.2. The van der Waals surface area contributed by atoms with Crippen LogP contribution in [0.2, 0.25) is 0 Å². The number of thioether (sulfide) groups is 1. The topological polar surface area (TPSA) is 171 Å². The second-order valence-corrected chi connectivity index (χ2v) is 13.2. The Morgan fingerprint density at radius 3 is 2.38 bits per heavy atom. The molecule has 2 aliphatic rings. The minimum atomic E-state index is -3.90. The number of nitrogens with two attached hydrogens (primary N) is 1. The molecular weight excluding hydrogens is 605 g/mol. The van der Waals surface area contributed by atoms with E-state index in [4.69, 9.17) is 14.3 Å². The van der Waals surface area contributed by atoms with Crippen molar-refractivity contribution in [3.63, 3.8) is 0 Å². The van der Waals surface area contributed by atoms with E-state index in [2.05, 4.69) is 5.32 Å². The molecule has 216 valence electrons. The summed E-state index contributed by atoms with van der Waals surface area (Å²) >= 11 is 1.98. The highest BCUT2D eigenvalue weighted by molar-refractivity contribution is 8.00. The first-order chi connectivity index (χ1) is 20.1. The smallest absolute Gasteiger partial charge is 0.308 e. The maximum Gasteiger partial charge on any atom is 0.308 e. The molecule has 3 N–H and O–H groups in total. The van der Waals surface area contributed by atoms with Gasteiger partial charge < -0.3 is 14.5 Å². The number of nitrogens with one attached hydrogen (secondary N) is 1. The summed E-state index contributed by atoms with van der Waals surface area (Å²) in [5, 5.41) is 7.30. The number of carbonyl (C=O) groups excluding carboxylic acids is 3. The minimum Gasteiger partial charge on any atom is -0.497 e. The van der Waals surface area contributed by atoms with Gasteiger partial charge in [-0.25, -0.2) is 18.5 Å². The SMILES string of the molecule is COc1ccc(N2C(=O)C3Sc4c(sc(=O)n4CC(=O)Nc4ccc(S(N)(=O)=O)cc4)[C@H](c4ccco4)C3C2=O)cc1. The van der Waals surface area contributed by atoms with Crippen LogP contribution in [0.25, 0.3) is 0 Å². The number of amides is 3. The van der Waals surface area contributed by atoms with Crippen LogP contribution in [0.1, 0.15) is 16.6 Å². The fourth-order valence-electron chi connectivity index (χ4n) is 5.09. The van der Waals surface area contributed by atoms with Crippen LogP contribution in [0, 0.1) is 5.92 Å². The van der Waals surface area contributed by atoms with Crippen LogP contribution in [0.5, 0.6) is 5.75 Å². The average Bonchev–Trinajstić information content (AvgIpc) is 3.66. The van der Waals surface area contributed by atoms with E-state index in [1.165, 1.54) is 42.2 Å². The largest absolute Gasteiger partial charge is 0.497 e. The summed E-state index contributed by atoms with van der Waals surface area (Å²) in [6.45, 7) is -0.374. The van der Waals surface area contributed by atoms with Crippen molar-refractivity contribution < 1.29 is 32.0 Å². The summed E-state index contributed by atoms with van der Waals surface area (Å²) in [4.78, 5) is 54.8. The highest BCUT2D eigenvalue weighted by atomic mass is 32.2. The molecule has 0 bridgehead atoms. The third-order valence-corrected chi connectivity index (χ3v) is 10.5. The van der Waals surface area contributed by atoms with Crippen LogP contribution in [-0.4, -0.2) is 43.1 Å². The number of hydrogen-bond donors (Lipinski definition) is 2. The fraction of sp³-hybridized carbons (Fsp3) is 0.185. The molecule has 6 rings (SSSR count). The van der Waals surface area contributed by atoms with E-state index >= 15 is 0 Å². The van der Waals surface area contributed by atoms with Crippen LogP contribution >= 0.6 is 23.1 Å². The van der Waals surface area contributed by atoms with Gasteiger partial charge in [0.15, 0.2) is 0 Å². The molecule has 1 saturated heterocycles. The van der Waals surface area contributed by atoms with Gasteiger partial charge in [0.25, 0.3) is 0 Å². The van der Waals surface area contributed by atoms with Gasteiger partial charge in [-0.05, 0) is 60.7 Å². The van der Waals surface area contributed by atoms with Crippen molar-refractivity contribution in [2.24, 2.45) is 11.1 Å². The number of rotatable bonds is 7. The van der Waals surface area contributed by atoms with Crippen molar-refractivity contribution in [3.8, 4) is 5.75 Å². The minimum absolute atomic E-state index is 0.113. The summed E-state index contributed by atoms with van der Waals surface area (Å²) in [5.74, 6) is -1.95. The lowest BCUT2D eigenvalue weighted by atomic mass is 9.87. The Morgan fingerprint density at radius 1 is 1.05 bits per heavy atom. The Labute approximate surface area is 247 Å². The molecular formula is C27H22N4O8S3. The fourth-order valence-corrected chi connectivity index (χ4v) is 8.36. The summed E-state index contributed by atoms with van der Waals surface area (Å²) in [6.07, 6.45) is 1.46. The van der Waals surface area contributed by atoms with Crippen molar-refractivity contribution in [1.29, 1.82) is 0 Å². The lowest BCUT2D eigenvalue weighted by Gasteiger charge is -2.29. The Kier molecular flexibility index (Phi) is 7.04. The molecule has 12 nitrogen and oxygen atoms in total. The van der Waals surface area contributed by atoms with Crippen LogP contribution in [0.3, 0.4) is 0 Å². The van der Waals surface area contributed by atoms with Crippen LogP contribution in [-0.2, 0) is 31.0 Å². The molecule has 2 aliphatic heterocycles. The van der Waals surface area contributed by atoms with Gasteiger partial charge in [-0.3, -0.25) is 23.7 Å². The molecule has 4 heterocycles. The van der Waals surface area contributed by atoms with E-state index in [-0.39, 0.29) is 11.4 Å². The van der Waals surface area contributed by atoms with E-state index in [0.717, 1.165) is 28.0 Å². The van der Waals surface area contributed by atoms with E-state index < -0.39 is 49.7 Å². The second kappa shape index (κ2) is 10.6. The zero-order valence-electron chi connectivity index (χ0n) is 21.8. The standard InChI is InChI=1S/C27H22N4O8S3/c1-38-16-8-6-15(7-9-16)31-24(33)21-20(18-3-2-12-39-18)23-26(40-22(21)25(31)34)30(27(35)41-23)13-19(32)29-14-4-10-17(11-5-14)42(28,36)37/h2-12,20-22H,13H2,1H3,(H,29,32)(H2,28,36,37)/t20-,21?,22?/m1/s1. The molecule has 42 heavy (non-hydrogen) atoms. The van der Waals surface area contributed by atoms with Crippen molar-refractivity contribution in [1.82, 2.24) is 4.57 Å². The van der Waals surface area contributed by atoms with Gasteiger partial charge in [0.05, 0.1) is 45.7 Å². The van der Waals surface area contributed by atoms with Gasteiger partial charge in [-0.1, -0.05) is 23.1 Å². The third-order valence-electron chi connectivity index (χ3n) is 7.00. The zero-order chi connectivity index (χ0) is 29.8. The van der Waals surface area contributed by atoms with Crippen molar-refractivity contribution in [2.75, 3.05) is 17.3 Å². The predicted molar refractivity (Wildman–Crippen MR) is 154 cm³/mol. The van der Waals surface area contributed by atoms with Gasteiger partial charge in [0, 0.05) is 5.69 Å². The molecule has 2 unspecified atom stereocenters. The van der Waals surface area contributed by atoms with Crippen molar-refractivity contribution in [2.45, 2.75) is 27.6 Å². The van der Waals surface area contributed by atoms with E-state index in [1.54, 1.807) is 36.4 Å². The number of methoxy groups -OCH3 is 1. The quantitative estimate of drug-likeness (QED) is 0.293. The molecule has 0 aliphatic carbocycles. The van der Waals surface area contributed by atoms with Crippen molar-refractivity contribution >= 4 is 62.2 Å². The monoisotopic (exact) mass is 626 g/mol. The highest BCUT2D eigenvalue weighted by Crippen LogP contribution is 2.54. The Bertz CT molecular complexity index is 1860. The van der Waals surface area contributed by atoms with E-state index in [0.29, 0.717) is 32.8 Å². The summed E-state index contributed by atoms with van der Waals surface area (Å²) < 4.78 is 35.2. The van der Waals surface area contributed by atoms with E-state index in [9.17, 15) is 27.6 Å². The van der Waals surface area contributed by atoms with Crippen molar-refractivity contribution in [3.05, 3.63) is 87.2 Å². The molecule has 0 radical (unpaired) electrons. The predicted octanol–water partition coefficient (Wildman–Crippen LogP) is 2.59. The number of thiazole rings is 1. The number of nitrogens with zero attached hydrogens (tertiary/aromatic N) is 2. The molecule has 0 saturated carbocycles. The number of primary sulfonamides is 1. The lowest BCUT2D eigenvalue weighted by molar-refractivity contribution is -0.122. The second-order valence-electron chi connectivity index (χ2n) is 9.51. The van der Waals surface area contributed by atoms with E-state index in [1.807, 2.05) is 0 Å². The molecule has 4 aromatic rings. The molecule has 0 spiro atoms. The summed E-state index contributed by atoms with van der Waals surface area (Å²) in [6, 6.07) is 15.2. The Hall–Kier alpha value is -4.18. The highest BCUT2D eigenvalue weighted by Gasteiger charge is 2.57. The molecule has 2 aromatic heterocycles. The summed E-state index contributed by atoms with van der Waals surface area (Å²) in [5.41, 5.74) is 0.699. The molecule has 15 heteroatoms. The number of ether oxygens (including phenoxy) is 1. The third kappa shape index (κ3) is 4.83. The first kappa shape index (κ1) is 28.0. The van der Waals surface area contributed by atoms with Crippen LogP contribution < -0.4 is 25.0 Å². The normalized spacial score (nSPS) is 19.9. The molecule has 3 amide bonds. The maximum atomic E-state index is 13.8.